The first-order valence-electron chi connectivity index (χ1n) is 7.19. The molecule has 0 aliphatic carbocycles. The highest BCUT2D eigenvalue weighted by Crippen LogP contribution is 2.23. The van der Waals surface area contributed by atoms with Crippen molar-refractivity contribution in [2.45, 2.75) is 58.1 Å². The van der Waals surface area contributed by atoms with Crippen LogP contribution in [0.3, 0.4) is 0 Å². The molecule has 2 unspecified atom stereocenters. The number of aliphatic hydroxyl groups is 1. The summed E-state index contributed by atoms with van der Waals surface area (Å²) >= 11 is 0. The zero-order valence-electron chi connectivity index (χ0n) is 11.8. The molecule has 0 bridgehead atoms. The second-order valence-corrected chi connectivity index (χ2v) is 5.35. The van der Waals surface area contributed by atoms with Crippen LogP contribution in [0.25, 0.3) is 0 Å². The number of likely N-dealkylation sites (tertiary alicyclic amines) is 1. The Morgan fingerprint density at radius 2 is 2.32 bits per heavy atom. The van der Waals surface area contributed by atoms with Crippen molar-refractivity contribution in [1.29, 1.82) is 0 Å². The topological polar surface area (TPSA) is 53.7 Å². The van der Waals surface area contributed by atoms with Gasteiger partial charge in [0.05, 0.1) is 6.10 Å². The van der Waals surface area contributed by atoms with E-state index in [9.17, 15) is 9.90 Å². The van der Waals surface area contributed by atoms with Crippen LogP contribution in [0.5, 0.6) is 0 Å². The fraction of sp³-hybridized carbons (Fsp3) is 0.667. The number of nitrogens with zero attached hydrogens (tertiary/aromatic N) is 1. The van der Waals surface area contributed by atoms with E-state index in [1.165, 1.54) is 0 Å². The lowest BCUT2D eigenvalue weighted by Crippen LogP contribution is -2.44. The number of hydrogen-bond donors (Lipinski definition) is 1. The minimum Gasteiger partial charge on any atom is -0.456 e. The average Bonchev–Trinajstić information content (AvgIpc) is 2.86. The molecule has 1 aliphatic heterocycles. The fourth-order valence-corrected chi connectivity index (χ4v) is 2.73. The van der Waals surface area contributed by atoms with E-state index in [0.717, 1.165) is 38.0 Å². The Morgan fingerprint density at radius 3 is 2.95 bits per heavy atom. The first kappa shape index (κ1) is 14.1. The minimum atomic E-state index is -0.374. The van der Waals surface area contributed by atoms with E-state index >= 15 is 0 Å². The highest BCUT2D eigenvalue weighted by molar-refractivity contribution is 5.91. The van der Waals surface area contributed by atoms with Gasteiger partial charge in [-0.25, -0.2) is 0 Å². The molecule has 4 nitrogen and oxygen atoms in total. The second kappa shape index (κ2) is 6.24. The summed E-state index contributed by atoms with van der Waals surface area (Å²) in [7, 11) is 0. The summed E-state index contributed by atoms with van der Waals surface area (Å²) in [6.07, 6.45) is 4.19. The van der Waals surface area contributed by atoms with Gasteiger partial charge in [0.15, 0.2) is 5.76 Å². The molecule has 0 aromatic carbocycles. The zero-order valence-corrected chi connectivity index (χ0v) is 11.8. The molecule has 1 aromatic rings. The van der Waals surface area contributed by atoms with Gasteiger partial charge in [-0.15, -0.1) is 0 Å². The maximum atomic E-state index is 12.5. The Labute approximate surface area is 114 Å². The Morgan fingerprint density at radius 1 is 1.53 bits per heavy atom. The summed E-state index contributed by atoms with van der Waals surface area (Å²) < 4.78 is 5.55. The van der Waals surface area contributed by atoms with E-state index in [1.54, 1.807) is 13.0 Å². The number of piperidine rings is 1. The third kappa shape index (κ3) is 3.38. The van der Waals surface area contributed by atoms with E-state index in [-0.39, 0.29) is 18.1 Å². The molecular weight excluding hydrogens is 242 g/mol. The highest BCUT2D eigenvalue weighted by Gasteiger charge is 2.29. The number of hydrogen-bond acceptors (Lipinski definition) is 3. The lowest BCUT2D eigenvalue weighted by Gasteiger charge is -2.36. The minimum absolute atomic E-state index is 0.0370. The summed E-state index contributed by atoms with van der Waals surface area (Å²) in [5, 5.41) is 9.56. The van der Waals surface area contributed by atoms with Crippen molar-refractivity contribution in [1.82, 2.24) is 4.90 Å². The Kier molecular flexibility index (Phi) is 4.64. The molecule has 1 aromatic heterocycles. The number of aryl methyl sites for hydroxylation is 1. The molecule has 19 heavy (non-hydrogen) atoms. The van der Waals surface area contributed by atoms with Crippen LogP contribution >= 0.6 is 0 Å². The molecule has 0 spiro atoms. The van der Waals surface area contributed by atoms with Crippen molar-refractivity contribution in [2.24, 2.45) is 0 Å². The molecule has 1 amide bonds. The number of aliphatic hydroxyl groups excluding tert-OH is 1. The molecule has 0 saturated carbocycles. The maximum Gasteiger partial charge on any atom is 0.289 e. The Hall–Kier alpha value is -1.29. The summed E-state index contributed by atoms with van der Waals surface area (Å²) in [4.78, 5) is 14.3. The third-order valence-electron chi connectivity index (χ3n) is 3.72. The lowest BCUT2D eigenvalue weighted by molar-refractivity contribution is 0.0484. The molecule has 106 valence electrons. The van der Waals surface area contributed by atoms with Crippen LogP contribution in [0.15, 0.2) is 16.5 Å². The van der Waals surface area contributed by atoms with Gasteiger partial charge in [0.2, 0.25) is 0 Å². The first-order valence-corrected chi connectivity index (χ1v) is 7.19. The standard InChI is InChI=1S/C15H23NO3/c1-3-13-7-8-14(19-13)15(18)16-9-5-4-6-12(16)10-11(2)17/h7-8,11-12,17H,3-6,9-10H2,1-2H3. The summed E-state index contributed by atoms with van der Waals surface area (Å²) in [6, 6.07) is 3.76. The van der Waals surface area contributed by atoms with Crippen LogP contribution in [0.4, 0.5) is 0 Å². The normalized spacial score (nSPS) is 21.4. The fourth-order valence-electron chi connectivity index (χ4n) is 2.73. The Balaban J connectivity index is 2.10. The maximum absolute atomic E-state index is 12.5. The quantitative estimate of drug-likeness (QED) is 0.910. The number of furan rings is 1. The summed E-state index contributed by atoms with van der Waals surface area (Å²) in [5.41, 5.74) is 0. The summed E-state index contributed by atoms with van der Waals surface area (Å²) in [6.45, 7) is 4.54. The van der Waals surface area contributed by atoms with Gasteiger partial charge in [0.25, 0.3) is 5.91 Å². The van der Waals surface area contributed by atoms with E-state index in [2.05, 4.69) is 0 Å². The van der Waals surface area contributed by atoms with Gasteiger partial charge in [0, 0.05) is 19.0 Å². The monoisotopic (exact) mass is 265 g/mol. The van der Waals surface area contributed by atoms with Crippen molar-refractivity contribution in [2.75, 3.05) is 6.54 Å². The number of rotatable bonds is 4. The van der Waals surface area contributed by atoms with Crippen LogP contribution < -0.4 is 0 Å². The largest absolute Gasteiger partial charge is 0.456 e. The van der Waals surface area contributed by atoms with Gasteiger partial charge >= 0.3 is 0 Å². The smallest absolute Gasteiger partial charge is 0.289 e. The van der Waals surface area contributed by atoms with Crippen LogP contribution in [0.1, 0.15) is 55.8 Å². The zero-order chi connectivity index (χ0) is 13.8. The highest BCUT2D eigenvalue weighted by atomic mass is 16.4. The van der Waals surface area contributed by atoms with Gasteiger partial charge in [-0.1, -0.05) is 6.92 Å². The second-order valence-electron chi connectivity index (χ2n) is 5.35. The van der Waals surface area contributed by atoms with Crippen molar-refractivity contribution in [3.8, 4) is 0 Å². The van der Waals surface area contributed by atoms with Crippen LogP contribution in [-0.2, 0) is 6.42 Å². The number of carbonyl (C=O) groups excluding carboxylic acids is 1. The first-order chi connectivity index (χ1) is 9.11. The van der Waals surface area contributed by atoms with Crippen molar-refractivity contribution < 1.29 is 14.3 Å². The Bertz CT molecular complexity index is 425. The number of amides is 1. The lowest BCUT2D eigenvalue weighted by atomic mass is 9.97. The molecule has 2 heterocycles. The van der Waals surface area contributed by atoms with Gasteiger partial charge in [0.1, 0.15) is 5.76 Å². The van der Waals surface area contributed by atoms with Gasteiger partial charge < -0.3 is 14.4 Å². The average molecular weight is 265 g/mol. The van der Waals surface area contributed by atoms with Gasteiger partial charge in [-0.05, 0) is 44.7 Å². The van der Waals surface area contributed by atoms with Crippen LogP contribution in [0.2, 0.25) is 0 Å². The predicted octanol–water partition coefficient (Wildman–Crippen LogP) is 2.61. The van der Waals surface area contributed by atoms with Gasteiger partial charge in [-0.3, -0.25) is 4.79 Å². The van der Waals surface area contributed by atoms with E-state index in [1.807, 2.05) is 17.9 Å². The van der Waals surface area contributed by atoms with Crippen molar-refractivity contribution >= 4 is 5.91 Å². The van der Waals surface area contributed by atoms with E-state index in [4.69, 9.17) is 4.42 Å². The van der Waals surface area contributed by atoms with E-state index < -0.39 is 0 Å². The SMILES string of the molecule is CCc1ccc(C(=O)N2CCCCC2CC(C)O)o1. The number of carbonyl (C=O) groups is 1. The molecule has 1 aliphatic rings. The molecule has 1 fully saturated rings. The molecule has 2 atom stereocenters. The molecule has 2 rings (SSSR count). The van der Waals surface area contributed by atoms with Crippen LogP contribution in [-0.4, -0.2) is 34.6 Å². The van der Waals surface area contributed by atoms with Crippen molar-refractivity contribution in [3.63, 3.8) is 0 Å². The molecule has 4 heteroatoms. The third-order valence-corrected chi connectivity index (χ3v) is 3.72. The van der Waals surface area contributed by atoms with E-state index in [0.29, 0.717) is 12.2 Å². The molecular formula is C15H23NO3. The summed E-state index contributed by atoms with van der Waals surface area (Å²) in [5.74, 6) is 1.23. The van der Waals surface area contributed by atoms with Gasteiger partial charge in [-0.2, -0.15) is 0 Å². The predicted molar refractivity (Wildman–Crippen MR) is 73.1 cm³/mol. The molecule has 1 saturated heterocycles. The molecule has 1 N–H and O–H groups in total. The van der Waals surface area contributed by atoms with Crippen molar-refractivity contribution in [3.05, 3.63) is 23.7 Å². The van der Waals surface area contributed by atoms with Crippen LogP contribution in [0, 0.1) is 0 Å². The molecule has 0 radical (unpaired) electrons.